The summed E-state index contributed by atoms with van der Waals surface area (Å²) in [4.78, 5) is 0. The van der Waals surface area contributed by atoms with Crippen molar-refractivity contribution in [3.63, 3.8) is 0 Å². The zero-order chi connectivity index (χ0) is 8.10. The van der Waals surface area contributed by atoms with E-state index in [-0.39, 0.29) is 0 Å². The number of rotatable bonds is 2. The number of unbranched alkanes of at least 4 members (excludes halogenated alkanes) is 1. The third kappa shape index (κ3) is 2.75. The highest BCUT2D eigenvalue weighted by Gasteiger charge is 1.95. The van der Waals surface area contributed by atoms with Gasteiger partial charge in [0, 0.05) is 0 Å². The molecule has 0 unspecified atom stereocenters. The van der Waals surface area contributed by atoms with Gasteiger partial charge in [-0.1, -0.05) is 43.2 Å². The van der Waals surface area contributed by atoms with Crippen molar-refractivity contribution in [2.45, 2.75) is 33.1 Å². The van der Waals surface area contributed by atoms with Crippen LogP contribution in [0, 0.1) is 0 Å². The Morgan fingerprint density at radius 3 is 2.82 bits per heavy atom. The van der Waals surface area contributed by atoms with Crippen LogP contribution < -0.4 is 0 Å². The summed E-state index contributed by atoms with van der Waals surface area (Å²) in [5.41, 5.74) is 2.86. The molecule has 0 saturated heterocycles. The quantitative estimate of drug-likeness (QED) is 0.561. The van der Waals surface area contributed by atoms with Crippen LogP contribution in [-0.2, 0) is 0 Å². The molecule has 0 N–H and O–H groups in total. The molecule has 0 radical (unpaired) electrons. The summed E-state index contributed by atoms with van der Waals surface area (Å²) in [6, 6.07) is 0. The van der Waals surface area contributed by atoms with Gasteiger partial charge in [0.25, 0.3) is 0 Å². The highest BCUT2D eigenvalue weighted by atomic mass is 14.0. The van der Waals surface area contributed by atoms with Gasteiger partial charge in [0.1, 0.15) is 0 Å². The van der Waals surface area contributed by atoms with E-state index < -0.39 is 0 Å². The molecule has 1 aliphatic carbocycles. The summed E-state index contributed by atoms with van der Waals surface area (Å²) in [6.45, 7) is 4.36. The second-order valence-corrected chi connectivity index (χ2v) is 3.05. The molecule has 0 aromatic carbocycles. The summed E-state index contributed by atoms with van der Waals surface area (Å²) in [5, 5.41) is 0. The van der Waals surface area contributed by atoms with Gasteiger partial charge in [-0.2, -0.15) is 0 Å². The van der Waals surface area contributed by atoms with E-state index in [0.717, 1.165) is 6.42 Å². The molecule has 0 amide bonds. The van der Waals surface area contributed by atoms with Crippen LogP contribution in [0.5, 0.6) is 0 Å². The summed E-state index contributed by atoms with van der Waals surface area (Å²) >= 11 is 0. The van der Waals surface area contributed by atoms with E-state index in [9.17, 15) is 0 Å². The SMILES string of the molecule is CCC/C=C1/C=CC(C)=CC1. The highest BCUT2D eigenvalue weighted by molar-refractivity contribution is 5.34. The number of allylic oxidation sites excluding steroid dienone is 6. The zero-order valence-electron chi connectivity index (χ0n) is 7.43. The van der Waals surface area contributed by atoms with Crippen LogP contribution in [0.15, 0.2) is 35.5 Å². The highest BCUT2D eigenvalue weighted by Crippen LogP contribution is 2.15. The maximum Gasteiger partial charge on any atom is -0.00949 e. The van der Waals surface area contributed by atoms with E-state index in [1.165, 1.54) is 24.0 Å². The van der Waals surface area contributed by atoms with Crippen LogP contribution >= 0.6 is 0 Å². The molecule has 0 aromatic rings. The number of hydrogen-bond acceptors (Lipinski definition) is 0. The van der Waals surface area contributed by atoms with Gasteiger partial charge in [0.05, 0.1) is 0 Å². The van der Waals surface area contributed by atoms with Crippen LogP contribution in [0.3, 0.4) is 0 Å². The molecule has 0 aliphatic heterocycles. The van der Waals surface area contributed by atoms with Gasteiger partial charge < -0.3 is 0 Å². The summed E-state index contributed by atoms with van der Waals surface area (Å²) in [6.07, 6.45) is 12.6. The first-order chi connectivity index (χ1) is 5.33. The third-order valence-electron chi connectivity index (χ3n) is 1.92. The minimum atomic E-state index is 1.13. The fraction of sp³-hybridized carbons (Fsp3) is 0.455. The molecule has 1 rings (SSSR count). The van der Waals surface area contributed by atoms with Gasteiger partial charge in [-0.25, -0.2) is 0 Å². The lowest BCUT2D eigenvalue weighted by molar-refractivity contribution is 0.946. The molecule has 1 aliphatic rings. The van der Waals surface area contributed by atoms with Crippen molar-refractivity contribution >= 4 is 0 Å². The molecule has 0 fully saturated rings. The molecule has 11 heavy (non-hydrogen) atoms. The molecule has 0 spiro atoms. The lowest BCUT2D eigenvalue weighted by Gasteiger charge is -2.04. The average molecular weight is 148 g/mol. The van der Waals surface area contributed by atoms with Crippen molar-refractivity contribution < 1.29 is 0 Å². The minimum Gasteiger partial charge on any atom is -0.0810 e. The van der Waals surface area contributed by atoms with Crippen molar-refractivity contribution in [3.8, 4) is 0 Å². The Bertz CT molecular complexity index is 204. The first-order valence-corrected chi connectivity index (χ1v) is 4.37. The lowest BCUT2D eigenvalue weighted by atomic mass is 10.0. The zero-order valence-corrected chi connectivity index (χ0v) is 7.43. The third-order valence-corrected chi connectivity index (χ3v) is 1.92. The van der Waals surface area contributed by atoms with E-state index in [2.05, 4.69) is 38.2 Å². The number of hydrogen-bond donors (Lipinski definition) is 0. The second-order valence-electron chi connectivity index (χ2n) is 3.05. The van der Waals surface area contributed by atoms with Crippen molar-refractivity contribution in [1.82, 2.24) is 0 Å². The first kappa shape index (κ1) is 8.32. The molecule has 0 bridgehead atoms. The van der Waals surface area contributed by atoms with Gasteiger partial charge in [-0.15, -0.1) is 0 Å². The lowest BCUT2D eigenvalue weighted by Crippen LogP contribution is -1.84. The molecule has 0 heterocycles. The predicted octanol–water partition coefficient (Wildman–Crippen LogP) is 3.62. The Hall–Kier alpha value is -0.780. The van der Waals surface area contributed by atoms with E-state index in [1.807, 2.05) is 0 Å². The molecule has 0 nitrogen and oxygen atoms in total. The first-order valence-electron chi connectivity index (χ1n) is 4.37. The fourth-order valence-corrected chi connectivity index (χ4v) is 1.13. The largest absolute Gasteiger partial charge is 0.0810 e. The van der Waals surface area contributed by atoms with Crippen molar-refractivity contribution in [2.24, 2.45) is 0 Å². The predicted molar refractivity (Wildman–Crippen MR) is 50.5 cm³/mol. The van der Waals surface area contributed by atoms with Crippen LogP contribution in [0.2, 0.25) is 0 Å². The summed E-state index contributed by atoms with van der Waals surface area (Å²) in [5.74, 6) is 0. The Kier molecular flexibility index (Phi) is 3.15. The molecule has 0 saturated carbocycles. The van der Waals surface area contributed by atoms with E-state index in [1.54, 1.807) is 0 Å². The van der Waals surface area contributed by atoms with Crippen molar-refractivity contribution in [2.75, 3.05) is 0 Å². The fourth-order valence-electron chi connectivity index (χ4n) is 1.13. The standard InChI is InChI=1S/C11H16/c1-3-4-5-11-8-6-10(2)7-9-11/h5-8H,3-4,9H2,1-2H3/b11-5-. The van der Waals surface area contributed by atoms with Gasteiger partial charge in [-0.3, -0.25) is 0 Å². The maximum absolute atomic E-state index is 2.33. The van der Waals surface area contributed by atoms with E-state index >= 15 is 0 Å². The van der Waals surface area contributed by atoms with Crippen LogP contribution in [0.4, 0.5) is 0 Å². The monoisotopic (exact) mass is 148 g/mol. The Labute approximate surface area is 69.3 Å². The summed E-state index contributed by atoms with van der Waals surface area (Å²) < 4.78 is 0. The van der Waals surface area contributed by atoms with Crippen LogP contribution in [-0.4, -0.2) is 0 Å². The molecular weight excluding hydrogens is 132 g/mol. The smallest absolute Gasteiger partial charge is 0.00949 e. The van der Waals surface area contributed by atoms with Crippen LogP contribution in [0.1, 0.15) is 33.1 Å². The van der Waals surface area contributed by atoms with Gasteiger partial charge in [0.15, 0.2) is 0 Å². The topological polar surface area (TPSA) is 0 Å². The van der Waals surface area contributed by atoms with Crippen LogP contribution in [0.25, 0.3) is 0 Å². The van der Waals surface area contributed by atoms with E-state index in [0.29, 0.717) is 0 Å². The Morgan fingerprint density at radius 2 is 2.27 bits per heavy atom. The molecule has 0 atom stereocenters. The Balaban J connectivity index is 2.48. The second kappa shape index (κ2) is 4.17. The normalized spacial score (nSPS) is 20.5. The molecular formula is C11H16. The molecule has 60 valence electrons. The van der Waals surface area contributed by atoms with Gasteiger partial charge in [-0.05, 0) is 25.3 Å². The average Bonchev–Trinajstić information content (AvgIpc) is 2.04. The minimum absolute atomic E-state index is 1.13. The molecule has 0 heteroatoms. The maximum atomic E-state index is 2.33. The summed E-state index contributed by atoms with van der Waals surface area (Å²) in [7, 11) is 0. The molecule has 0 aromatic heterocycles. The van der Waals surface area contributed by atoms with Crippen molar-refractivity contribution in [3.05, 3.63) is 35.5 Å². The Morgan fingerprint density at radius 1 is 1.45 bits per heavy atom. The van der Waals surface area contributed by atoms with Gasteiger partial charge >= 0.3 is 0 Å². The van der Waals surface area contributed by atoms with Crippen molar-refractivity contribution in [1.29, 1.82) is 0 Å². The van der Waals surface area contributed by atoms with Gasteiger partial charge in [0.2, 0.25) is 0 Å². The van der Waals surface area contributed by atoms with E-state index in [4.69, 9.17) is 0 Å².